The Morgan fingerprint density at radius 2 is 1.23 bits per heavy atom. The van der Waals surface area contributed by atoms with E-state index in [2.05, 4.69) is 25.9 Å². The molecule has 3 aromatic rings. The fourth-order valence-corrected chi connectivity index (χ4v) is 3.22. The van der Waals surface area contributed by atoms with Crippen LogP contribution in [0.2, 0.25) is 10.0 Å². The molecule has 0 aliphatic carbocycles. The summed E-state index contributed by atoms with van der Waals surface area (Å²) in [4.78, 5) is 11.7. The Morgan fingerprint density at radius 1 is 0.731 bits per heavy atom. The molecule has 0 aliphatic rings. The smallest absolute Gasteiger partial charge is 0.119 e. The molecule has 0 amide bonds. The summed E-state index contributed by atoms with van der Waals surface area (Å²) in [6.07, 6.45) is 0. The minimum Gasteiger partial charge on any atom is -0.145 e. The van der Waals surface area contributed by atoms with Crippen molar-refractivity contribution >= 4 is 28.9 Å². The van der Waals surface area contributed by atoms with Crippen LogP contribution in [-0.4, -0.2) is 0 Å². The summed E-state index contributed by atoms with van der Waals surface area (Å²) in [7, 11) is 0. The molecule has 0 saturated carbocycles. The van der Waals surface area contributed by atoms with Crippen molar-refractivity contribution < 1.29 is 0 Å². The third-order valence-corrected chi connectivity index (χ3v) is 4.85. The van der Waals surface area contributed by atoms with Crippen LogP contribution in [0.25, 0.3) is 22.3 Å². The third-order valence-electron chi connectivity index (χ3n) is 4.34. The van der Waals surface area contributed by atoms with E-state index in [1.165, 1.54) is 0 Å². The Hall–Kier alpha value is -2.16. The summed E-state index contributed by atoms with van der Waals surface area (Å²) in [5.74, 6) is 0. The van der Waals surface area contributed by atoms with E-state index in [1.54, 1.807) is 0 Å². The summed E-state index contributed by atoms with van der Waals surface area (Å²) in [5, 5.41) is 4.72. The molecular formula is C22H19Cl2NO. The second kappa shape index (κ2) is 7.22. The number of halogens is 2. The number of hydrogen-bond donors (Lipinski definition) is 0. The van der Waals surface area contributed by atoms with Crippen LogP contribution in [0.5, 0.6) is 0 Å². The molecule has 3 aromatic carbocycles. The Morgan fingerprint density at radius 3 is 1.69 bits per heavy atom. The number of hydrogen-bond acceptors (Lipinski definition) is 2. The zero-order chi connectivity index (χ0) is 18.9. The highest BCUT2D eigenvalue weighted by Gasteiger charge is 2.23. The molecule has 0 aliphatic heterocycles. The van der Waals surface area contributed by atoms with Gasteiger partial charge in [-0.15, -0.1) is 4.91 Å². The molecule has 3 rings (SSSR count). The maximum Gasteiger partial charge on any atom is 0.119 e. The molecule has 0 spiro atoms. The van der Waals surface area contributed by atoms with Crippen LogP contribution in [0.4, 0.5) is 5.69 Å². The van der Waals surface area contributed by atoms with Crippen LogP contribution in [0.1, 0.15) is 26.3 Å². The van der Waals surface area contributed by atoms with Crippen molar-refractivity contribution in [3.05, 3.63) is 81.2 Å². The van der Waals surface area contributed by atoms with Gasteiger partial charge in [0, 0.05) is 15.6 Å². The van der Waals surface area contributed by atoms with E-state index in [9.17, 15) is 4.91 Å². The van der Waals surface area contributed by atoms with Crippen molar-refractivity contribution in [1.82, 2.24) is 0 Å². The van der Waals surface area contributed by atoms with Crippen LogP contribution in [0, 0.1) is 4.91 Å². The highest BCUT2D eigenvalue weighted by atomic mass is 35.5. The second-order valence-corrected chi connectivity index (χ2v) is 8.15. The van der Waals surface area contributed by atoms with Gasteiger partial charge in [-0.1, -0.05) is 68.2 Å². The molecule has 0 atom stereocenters. The summed E-state index contributed by atoms with van der Waals surface area (Å²) in [5.41, 5.74) is 4.91. The first-order chi connectivity index (χ1) is 12.3. The van der Waals surface area contributed by atoms with E-state index >= 15 is 0 Å². The van der Waals surface area contributed by atoms with Crippen molar-refractivity contribution in [2.75, 3.05) is 0 Å². The van der Waals surface area contributed by atoms with Gasteiger partial charge in [0.25, 0.3) is 0 Å². The van der Waals surface area contributed by atoms with Crippen LogP contribution in [-0.2, 0) is 5.41 Å². The first-order valence-corrected chi connectivity index (χ1v) is 9.09. The van der Waals surface area contributed by atoms with E-state index in [1.807, 2.05) is 60.7 Å². The standard InChI is InChI=1S/C22H19Cl2NO/c1-22(2,3)20-13-16(14-4-8-17(23)9-5-14)12-19(21(20)25-26)15-6-10-18(24)11-7-15/h4-13H,1-3H3. The lowest BCUT2D eigenvalue weighted by Crippen LogP contribution is -2.12. The Bertz CT molecular complexity index is 940. The van der Waals surface area contributed by atoms with E-state index < -0.39 is 0 Å². The Labute approximate surface area is 163 Å². The molecule has 26 heavy (non-hydrogen) atoms. The summed E-state index contributed by atoms with van der Waals surface area (Å²) in [6, 6.07) is 19.2. The average Bonchev–Trinajstić information content (AvgIpc) is 2.61. The Kier molecular flexibility index (Phi) is 5.17. The lowest BCUT2D eigenvalue weighted by Gasteiger charge is -2.23. The maximum absolute atomic E-state index is 11.7. The van der Waals surface area contributed by atoms with E-state index in [4.69, 9.17) is 23.2 Å². The molecule has 0 bridgehead atoms. The lowest BCUT2D eigenvalue weighted by molar-refractivity contribution is 0.592. The first-order valence-electron chi connectivity index (χ1n) is 8.33. The topological polar surface area (TPSA) is 29.4 Å². The number of nitrogens with zero attached hydrogens (tertiary/aromatic N) is 1. The molecule has 0 fully saturated rings. The molecule has 0 saturated heterocycles. The second-order valence-electron chi connectivity index (χ2n) is 7.28. The van der Waals surface area contributed by atoms with Crippen molar-refractivity contribution in [1.29, 1.82) is 0 Å². The van der Waals surface area contributed by atoms with Crippen LogP contribution in [0.3, 0.4) is 0 Å². The minimum absolute atomic E-state index is 0.229. The van der Waals surface area contributed by atoms with Gasteiger partial charge in [0.1, 0.15) is 5.69 Å². The molecule has 2 nitrogen and oxygen atoms in total. The SMILES string of the molecule is CC(C)(C)c1cc(-c2ccc(Cl)cc2)cc(-c2ccc(Cl)cc2)c1N=O. The number of benzene rings is 3. The van der Waals surface area contributed by atoms with Crippen molar-refractivity contribution in [2.24, 2.45) is 5.18 Å². The number of rotatable bonds is 3. The largest absolute Gasteiger partial charge is 0.145 e. The quantitative estimate of drug-likeness (QED) is 0.420. The number of nitroso groups, excluding NO2 is 1. The predicted octanol–water partition coefficient (Wildman–Crippen LogP) is 8.02. The normalized spacial score (nSPS) is 11.4. The average molecular weight is 384 g/mol. The summed E-state index contributed by atoms with van der Waals surface area (Å²) >= 11 is 12.0. The van der Waals surface area contributed by atoms with Crippen molar-refractivity contribution in [3.8, 4) is 22.3 Å². The third kappa shape index (κ3) is 3.82. The zero-order valence-electron chi connectivity index (χ0n) is 14.9. The minimum atomic E-state index is -0.229. The monoisotopic (exact) mass is 383 g/mol. The fraction of sp³-hybridized carbons (Fsp3) is 0.182. The van der Waals surface area contributed by atoms with Crippen LogP contribution in [0.15, 0.2) is 65.8 Å². The molecular weight excluding hydrogens is 365 g/mol. The molecule has 0 heterocycles. The molecule has 0 aromatic heterocycles. The van der Waals surface area contributed by atoms with Gasteiger partial charge < -0.3 is 0 Å². The summed E-state index contributed by atoms with van der Waals surface area (Å²) < 4.78 is 0. The predicted molar refractivity (Wildman–Crippen MR) is 111 cm³/mol. The highest BCUT2D eigenvalue weighted by molar-refractivity contribution is 6.31. The van der Waals surface area contributed by atoms with Gasteiger partial charge in [-0.3, -0.25) is 0 Å². The molecule has 132 valence electrons. The van der Waals surface area contributed by atoms with Gasteiger partial charge in [-0.2, -0.15) is 0 Å². The van der Waals surface area contributed by atoms with E-state index in [-0.39, 0.29) is 5.41 Å². The van der Waals surface area contributed by atoms with Crippen LogP contribution < -0.4 is 0 Å². The van der Waals surface area contributed by atoms with Crippen molar-refractivity contribution in [3.63, 3.8) is 0 Å². The molecule has 4 heteroatoms. The van der Waals surface area contributed by atoms with Gasteiger partial charge in [0.15, 0.2) is 0 Å². The lowest BCUT2D eigenvalue weighted by atomic mass is 9.81. The fourth-order valence-electron chi connectivity index (χ4n) is 2.96. The van der Waals surface area contributed by atoms with Gasteiger partial charge in [-0.05, 0) is 69.2 Å². The highest BCUT2D eigenvalue weighted by Crippen LogP contribution is 2.43. The van der Waals surface area contributed by atoms with E-state index in [0.717, 1.165) is 27.8 Å². The van der Waals surface area contributed by atoms with Crippen molar-refractivity contribution in [2.45, 2.75) is 26.2 Å². The van der Waals surface area contributed by atoms with Gasteiger partial charge >= 0.3 is 0 Å². The van der Waals surface area contributed by atoms with Gasteiger partial charge in [-0.25, -0.2) is 0 Å². The van der Waals surface area contributed by atoms with Gasteiger partial charge in [0.05, 0.1) is 0 Å². The maximum atomic E-state index is 11.7. The Balaban J connectivity index is 2.30. The summed E-state index contributed by atoms with van der Waals surface area (Å²) in [6.45, 7) is 6.23. The van der Waals surface area contributed by atoms with E-state index in [0.29, 0.717) is 15.7 Å². The molecule has 0 unspecified atom stereocenters. The molecule has 0 radical (unpaired) electrons. The van der Waals surface area contributed by atoms with Crippen LogP contribution >= 0.6 is 23.2 Å². The first kappa shape index (κ1) is 18.6. The van der Waals surface area contributed by atoms with Gasteiger partial charge in [0.2, 0.25) is 0 Å². The molecule has 0 N–H and O–H groups in total. The zero-order valence-corrected chi connectivity index (χ0v) is 16.4.